The lowest BCUT2D eigenvalue weighted by Crippen LogP contribution is -2.34. The van der Waals surface area contributed by atoms with Crippen LogP contribution in [0.3, 0.4) is 0 Å². The van der Waals surface area contributed by atoms with E-state index in [1.165, 1.54) is 23.2 Å². The lowest BCUT2D eigenvalue weighted by atomic mass is 10.1. The van der Waals surface area contributed by atoms with Gasteiger partial charge in [-0.3, -0.25) is 19.0 Å². The summed E-state index contributed by atoms with van der Waals surface area (Å²) in [6.45, 7) is -0.883. The van der Waals surface area contributed by atoms with Crippen LogP contribution in [0.25, 0.3) is 11.2 Å². The number of hydrogen-bond donors (Lipinski definition) is 8. The topological polar surface area (TPSA) is 318 Å². The SMILES string of the molecule is Nc1nc(=S)c2ncn(C3OC(COP(=O)(O)OP(=O)(O)OP(=O)(O)O)C4O[C@@H](C(=O)Nc5ccn[nH]5)OC43)c2[nH]1. The van der Waals surface area contributed by atoms with E-state index in [9.17, 15) is 28.3 Å². The van der Waals surface area contributed by atoms with E-state index < -0.39 is 66.8 Å². The third-order valence-corrected chi connectivity index (χ3v) is 9.46. The van der Waals surface area contributed by atoms with Crippen molar-refractivity contribution in [2.75, 3.05) is 17.7 Å². The van der Waals surface area contributed by atoms with Gasteiger partial charge in [-0.2, -0.15) is 13.7 Å². The Kier molecular flexibility index (Phi) is 8.04. The summed E-state index contributed by atoms with van der Waals surface area (Å²) in [7, 11) is -16.9. The highest BCUT2D eigenvalue weighted by atomic mass is 32.1. The molecule has 0 spiro atoms. The third-order valence-electron chi connectivity index (χ3n) is 5.38. The molecule has 0 radical (unpaired) electrons. The zero-order valence-corrected chi connectivity index (χ0v) is 23.3. The number of aromatic nitrogens is 6. The Morgan fingerprint density at radius 2 is 1.88 bits per heavy atom. The number of phosphoric acid groups is 3. The molecular weight excluding hydrogens is 641 g/mol. The molecule has 7 atom stereocenters. The number of carbonyl (C=O) groups excluding carboxylic acids is 1. The maximum atomic E-state index is 12.7. The maximum absolute atomic E-state index is 12.7. The Labute approximate surface area is 231 Å². The van der Waals surface area contributed by atoms with E-state index in [4.69, 9.17) is 46.5 Å². The number of nitrogen functional groups attached to an aromatic ring is 1. The van der Waals surface area contributed by atoms with Gasteiger partial charge in [-0.05, 0) is 0 Å². The number of phosphoric ester groups is 1. The lowest BCUT2D eigenvalue weighted by Gasteiger charge is -2.22. The summed E-state index contributed by atoms with van der Waals surface area (Å²) in [5, 5.41) is 8.71. The van der Waals surface area contributed by atoms with E-state index in [2.05, 4.69) is 39.1 Å². The molecule has 9 N–H and O–H groups in total. The molecule has 26 heteroatoms. The fourth-order valence-electron chi connectivity index (χ4n) is 3.95. The first-order chi connectivity index (χ1) is 19.1. The van der Waals surface area contributed by atoms with Gasteiger partial charge in [-0.1, -0.05) is 12.2 Å². The van der Waals surface area contributed by atoms with Gasteiger partial charge in [0.2, 0.25) is 6.29 Å². The zero-order valence-electron chi connectivity index (χ0n) is 19.8. The highest BCUT2D eigenvalue weighted by Crippen LogP contribution is 2.66. The van der Waals surface area contributed by atoms with Crippen molar-refractivity contribution in [2.24, 2.45) is 0 Å². The third kappa shape index (κ3) is 6.79. The fraction of sp³-hybridized carbons (Fsp3) is 0.400. The first-order valence-electron chi connectivity index (χ1n) is 10.9. The van der Waals surface area contributed by atoms with Gasteiger partial charge in [0.15, 0.2) is 16.8 Å². The highest BCUT2D eigenvalue weighted by Gasteiger charge is 2.56. The fourth-order valence-corrected chi connectivity index (χ4v) is 7.23. The lowest BCUT2D eigenvalue weighted by molar-refractivity contribution is -0.166. The van der Waals surface area contributed by atoms with E-state index >= 15 is 0 Å². The molecule has 5 rings (SSSR count). The molecule has 0 aromatic carbocycles. The number of aromatic amines is 2. The highest BCUT2D eigenvalue weighted by molar-refractivity contribution is 7.71. The van der Waals surface area contributed by atoms with E-state index in [0.717, 1.165) is 0 Å². The number of H-pyrrole nitrogens is 2. The average Bonchev–Trinajstić information content (AvgIpc) is 3.59. The quantitative estimate of drug-likeness (QED) is 0.103. The first kappa shape index (κ1) is 30.0. The molecule has 0 saturated carbocycles. The van der Waals surface area contributed by atoms with Crippen LogP contribution in [0.15, 0.2) is 18.6 Å². The van der Waals surface area contributed by atoms with Crippen molar-refractivity contribution in [1.82, 2.24) is 29.7 Å². The van der Waals surface area contributed by atoms with E-state index in [1.54, 1.807) is 0 Å². The molecule has 41 heavy (non-hydrogen) atoms. The molecule has 3 aromatic rings. The number of anilines is 2. The summed E-state index contributed by atoms with van der Waals surface area (Å²) in [6.07, 6.45) is -3.53. The summed E-state index contributed by atoms with van der Waals surface area (Å²) >= 11 is 5.17. The molecule has 2 aliphatic rings. The van der Waals surface area contributed by atoms with Crippen LogP contribution in [0.5, 0.6) is 0 Å². The van der Waals surface area contributed by atoms with Crippen molar-refractivity contribution in [3.8, 4) is 0 Å². The summed E-state index contributed by atoms with van der Waals surface area (Å²) in [5.41, 5.74) is 6.25. The molecular formula is C15H19N8O14P3S. The molecule has 2 saturated heterocycles. The normalized spacial score (nSPS) is 27.4. The average molecular weight is 660 g/mol. The number of fused-ring (bicyclic) bond motifs is 2. The van der Waals surface area contributed by atoms with Crippen molar-refractivity contribution < 1.29 is 65.4 Å². The van der Waals surface area contributed by atoms with Crippen LogP contribution < -0.4 is 11.1 Å². The van der Waals surface area contributed by atoms with Crippen molar-refractivity contribution in [3.05, 3.63) is 23.2 Å². The molecule has 0 aliphatic carbocycles. The Balaban J connectivity index is 1.38. The largest absolute Gasteiger partial charge is 0.490 e. The molecule has 1 amide bonds. The van der Waals surface area contributed by atoms with Crippen molar-refractivity contribution in [2.45, 2.75) is 30.8 Å². The standard InChI is InChI=1S/C15H19N8O14P3S/c16-15-20-10-7(12(41)21-15)17-4-23(10)13-9-8(34-14(35-9)11(24)19-6-1-2-18-22-6)5(33-13)3-32-39(28,29)37-40(30,31)36-38(25,26)27/h1-2,4-5,8-9,13-14H,3H2,(H,28,29)(H,30,31)(H2,25,26,27)(H3,16,20,21,41)(H2,18,19,22,24)/t5?,8?,9?,13?,14-/m1/s1. The second-order valence-electron chi connectivity index (χ2n) is 8.22. The Hall–Kier alpha value is -2.46. The molecule has 2 aliphatic heterocycles. The number of hydrogen-bond acceptors (Lipinski definition) is 15. The molecule has 3 aromatic heterocycles. The van der Waals surface area contributed by atoms with Gasteiger partial charge >= 0.3 is 23.5 Å². The minimum Gasteiger partial charge on any atom is -0.369 e. The summed E-state index contributed by atoms with van der Waals surface area (Å²) < 4.78 is 65.8. The Morgan fingerprint density at radius 1 is 1.15 bits per heavy atom. The number of carbonyl (C=O) groups is 1. The summed E-state index contributed by atoms with van der Waals surface area (Å²) in [6, 6.07) is 1.46. The molecule has 6 unspecified atom stereocenters. The maximum Gasteiger partial charge on any atom is 0.490 e. The number of amides is 1. The molecule has 0 bridgehead atoms. The van der Waals surface area contributed by atoms with Crippen molar-refractivity contribution in [1.29, 1.82) is 0 Å². The van der Waals surface area contributed by atoms with Crippen LogP contribution in [0.2, 0.25) is 0 Å². The predicted octanol–water partition coefficient (Wildman–Crippen LogP) is -0.216. The number of ether oxygens (including phenoxy) is 3. The van der Waals surface area contributed by atoms with E-state index in [0.29, 0.717) is 0 Å². The monoisotopic (exact) mass is 660 g/mol. The molecule has 22 nitrogen and oxygen atoms in total. The van der Waals surface area contributed by atoms with Crippen LogP contribution in [-0.4, -0.2) is 86.4 Å². The van der Waals surface area contributed by atoms with Crippen LogP contribution in [0, 0.1) is 4.64 Å². The number of nitrogens with two attached hydrogens (primary N) is 1. The summed E-state index contributed by atoms with van der Waals surface area (Å²) in [5.74, 6) is -0.576. The van der Waals surface area contributed by atoms with Crippen LogP contribution in [0.4, 0.5) is 11.8 Å². The van der Waals surface area contributed by atoms with Gasteiger partial charge in [0.05, 0.1) is 19.1 Å². The van der Waals surface area contributed by atoms with Gasteiger partial charge in [-0.15, -0.1) is 0 Å². The number of imidazole rings is 1. The number of nitrogens with zero attached hydrogens (tertiary/aromatic N) is 4. The minimum absolute atomic E-state index is 0.0524. The molecule has 5 heterocycles. The number of rotatable bonds is 10. The Morgan fingerprint density at radius 3 is 2.56 bits per heavy atom. The van der Waals surface area contributed by atoms with Crippen LogP contribution in [-0.2, 0) is 45.8 Å². The van der Waals surface area contributed by atoms with Crippen molar-refractivity contribution in [3.63, 3.8) is 0 Å². The van der Waals surface area contributed by atoms with E-state index in [-0.39, 0.29) is 27.6 Å². The second kappa shape index (κ2) is 11.0. The summed E-state index contributed by atoms with van der Waals surface area (Å²) in [4.78, 5) is 60.2. The van der Waals surface area contributed by atoms with Gasteiger partial charge in [-0.25, -0.2) is 23.7 Å². The van der Waals surface area contributed by atoms with Gasteiger partial charge in [0, 0.05) is 6.07 Å². The molecule has 224 valence electrons. The Bertz CT molecular complexity index is 1660. The van der Waals surface area contributed by atoms with Crippen LogP contribution >= 0.6 is 35.7 Å². The van der Waals surface area contributed by atoms with Gasteiger partial charge in [0.1, 0.15) is 35.3 Å². The minimum atomic E-state index is -5.76. The van der Waals surface area contributed by atoms with E-state index in [1.807, 2.05) is 0 Å². The number of nitrogens with one attached hydrogen (secondary N) is 3. The van der Waals surface area contributed by atoms with Gasteiger partial charge < -0.3 is 49.8 Å². The zero-order chi connectivity index (χ0) is 29.7. The molecule has 2 fully saturated rings. The smallest absolute Gasteiger partial charge is 0.369 e. The van der Waals surface area contributed by atoms with Crippen molar-refractivity contribution >= 4 is 64.5 Å². The predicted molar refractivity (Wildman–Crippen MR) is 132 cm³/mol. The second-order valence-corrected chi connectivity index (χ2v) is 13.0. The van der Waals surface area contributed by atoms with Gasteiger partial charge in [0.25, 0.3) is 5.91 Å². The first-order valence-corrected chi connectivity index (χ1v) is 15.8. The van der Waals surface area contributed by atoms with Crippen LogP contribution in [0.1, 0.15) is 6.23 Å².